The Balaban J connectivity index is 1.19. The molecule has 5 heterocycles. The number of aryl methyl sites for hydroxylation is 1. The van der Waals surface area contributed by atoms with Crippen molar-refractivity contribution < 1.29 is 13.9 Å². The zero-order chi connectivity index (χ0) is 32.5. The van der Waals surface area contributed by atoms with Crippen LogP contribution in [0.3, 0.4) is 0 Å². The van der Waals surface area contributed by atoms with E-state index in [1.807, 2.05) is 68.4 Å². The number of rotatable bonds is 10. The van der Waals surface area contributed by atoms with Gasteiger partial charge in [-0.25, -0.2) is 9.37 Å². The van der Waals surface area contributed by atoms with Crippen molar-refractivity contribution >= 4 is 33.5 Å². The number of likely N-dealkylation sites (N-methyl/N-ethyl adjacent to an activating group) is 1. The van der Waals surface area contributed by atoms with Crippen molar-refractivity contribution in [3.8, 4) is 39.5 Å². The average Bonchev–Trinajstić information content (AvgIpc) is 3.79. The molecule has 0 unspecified atom stereocenters. The highest BCUT2D eigenvalue weighted by atomic mass is 19.1. The van der Waals surface area contributed by atoms with Crippen molar-refractivity contribution in [3.05, 3.63) is 78.4 Å². The van der Waals surface area contributed by atoms with Gasteiger partial charge in [-0.05, 0) is 107 Å². The first-order chi connectivity index (χ1) is 22.8. The van der Waals surface area contributed by atoms with Gasteiger partial charge < -0.3 is 19.9 Å². The molecule has 0 aliphatic carbocycles. The van der Waals surface area contributed by atoms with Crippen LogP contribution in [0.25, 0.3) is 55.7 Å². The summed E-state index contributed by atoms with van der Waals surface area (Å²) in [6, 6.07) is 16.6. The van der Waals surface area contributed by atoms with Gasteiger partial charge in [-0.2, -0.15) is 5.10 Å². The van der Waals surface area contributed by atoms with Crippen LogP contribution in [0.4, 0.5) is 10.1 Å². The summed E-state index contributed by atoms with van der Waals surface area (Å²) in [6.07, 6.45) is 5.93. The van der Waals surface area contributed by atoms with Crippen molar-refractivity contribution in [1.29, 1.82) is 0 Å². The number of benzene rings is 2. The second-order valence-electron chi connectivity index (χ2n) is 12.4. The molecule has 11 heteroatoms. The third kappa shape index (κ3) is 6.72. The molecule has 2 aromatic carbocycles. The molecule has 240 valence electrons. The van der Waals surface area contributed by atoms with Gasteiger partial charge in [-0.3, -0.25) is 19.8 Å². The van der Waals surface area contributed by atoms with Gasteiger partial charge in [0.05, 0.1) is 35.2 Å². The minimum Gasteiger partial charge on any atom is -0.492 e. The number of H-pyrrole nitrogens is 2. The molecule has 10 nitrogen and oxygen atoms in total. The van der Waals surface area contributed by atoms with Crippen LogP contribution >= 0.6 is 0 Å². The van der Waals surface area contributed by atoms with Gasteiger partial charge >= 0.3 is 0 Å². The largest absolute Gasteiger partial charge is 0.492 e. The lowest BCUT2D eigenvalue weighted by molar-refractivity contribution is -0.116. The van der Waals surface area contributed by atoms with Gasteiger partial charge in [-0.15, -0.1) is 0 Å². The Labute approximate surface area is 272 Å². The minimum absolute atomic E-state index is 0.0840. The fraction of sp³-hybridized carbons (Fsp3) is 0.278. The number of nitrogens with one attached hydrogen (secondary N) is 3. The predicted molar refractivity (Wildman–Crippen MR) is 183 cm³/mol. The molecule has 1 saturated heterocycles. The van der Waals surface area contributed by atoms with Crippen LogP contribution in [0.1, 0.15) is 18.4 Å². The van der Waals surface area contributed by atoms with Crippen LogP contribution in [-0.4, -0.2) is 87.7 Å². The zero-order valence-electron chi connectivity index (χ0n) is 26.7. The summed E-state index contributed by atoms with van der Waals surface area (Å²) >= 11 is 0. The van der Waals surface area contributed by atoms with Crippen LogP contribution in [0.5, 0.6) is 5.75 Å². The maximum absolute atomic E-state index is 14.8. The summed E-state index contributed by atoms with van der Waals surface area (Å²) in [5, 5.41) is 11.6. The highest BCUT2D eigenvalue weighted by Gasteiger charge is 2.18. The number of pyridine rings is 2. The number of carbonyl (C=O) groups is 1. The number of anilines is 1. The van der Waals surface area contributed by atoms with Gasteiger partial charge in [0.25, 0.3) is 0 Å². The Morgan fingerprint density at radius 1 is 1.02 bits per heavy atom. The number of likely N-dealkylation sites (tertiary alicyclic amines) is 1. The number of ether oxygens (including phenoxy) is 1. The smallest absolute Gasteiger partial charge is 0.238 e. The van der Waals surface area contributed by atoms with E-state index in [9.17, 15) is 9.18 Å². The van der Waals surface area contributed by atoms with Gasteiger partial charge in [0.2, 0.25) is 5.91 Å². The Kier molecular flexibility index (Phi) is 8.40. The molecule has 7 rings (SSSR count). The van der Waals surface area contributed by atoms with E-state index in [0.29, 0.717) is 41.4 Å². The molecular formula is C36H37FN8O2. The molecule has 1 fully saturated rings. The second kappa shape index (κ2) is 12.9. The third-order valence-corrected chi connectivity index (χ3v) is 8.38. The van der Waals surface area contributed by atoms with E-state index < -0.39 is 0 Å². The lowest BCUT2D eigenvalue weighted by Gasteiger charge is -2.15. The van der Waals surface area contributed by atoms with Crippen LogP contribution in [0.15, 0.2) is 67.0 Å². The van der Waals surface area contributed by atoms with E-state index in [2.05, 4.69) is 30.4 Å². The lowest BCUT2D eigenvalue weighted by Crippen LogP contribution is -2.27. The summed E-state index contributed by atoms with van der Waals surface area (Å²) in [7, 11) is 3.72. The first kappa shape index (κ1) is 30.5. The van der Waals surface area contributed by atoms with Crippen molar-refractivity contribution in [1.82, 2.24) is 34.9 Å². The number of carbonyl (C=O) groups excluding carboxylic acids is 1. The van der Waals surface area contributed by atoms with Gasteiger partial charge in [0.1, 0.15) is 29.4 Å². The molecule has 6 aromatic rings. The van der Waals surface area contributed by atoms with Crippen LogP contribution in [0.2, 0.25) is 0 Å². The SMILES string of the molecule is Cc1cc(NC(=O)CN(C)C)cc(-c2ccc3[nH]nc(-c4cc5c(-c6cc(F)cc(OCCN7CCCC7)c6)cncc5[nH]4)c3n2)c1. The van der Waals surface area contributed by atoms with Crippen LogP contribution in [0, 0.1) is 12.7 Å². The first-order valence-corrected chi connectivity index (χ1v) is 15.8. The van der Waals surface area contributed by atoms with E-state index in [-0.39, 0.29) is 11.7 Å². The zero-order valence-corrected chi connectivity index (χ0v) is 26.7. The number of aromatic nitrogens is 5. The number of amides is 1. The Morgan fingerprint density at radius 3 is 2.70 bits per heavy atom. The Morgan fingerprint density at radius 2 is 1.87 bits per heavy atom. The van der Waals surface area contributed by atoms with Crippen molar-refractivity contribution in [2.24, 2.45) is 0 Å². The fourth-order valence-electron chi connectivity index (χ4n) is 6.25. The first-order valence-electron chi connectivity index (χ1n) is 15.8. The molecule has 0 spiro atoms. The van der Waals surface area contributed by atoms with Crippen LogP contribution in [-0.2, 0) is 4.79 Å². The highest BCUT2D eigenvalue weighted by Crippen LogP contribution is 2.35. The maximum Gasteiger partial charge on any atom is 0.238 e. The van der Waals surface area contributed by atoms with E-state index in [4.69, 9.17) is 9.72 Å². The van der Waals surface area contributed by atoms with Gasteiger partial charge in [0.15, 0.2) is 0 Å². The average molecular weight is 633 g/mol. The number of halogens is 1. The minimum atomic E-state index is -0.363. The lowest BCUT2D eigenvalue weighted by atomic mass is 10.0. The van der Waals surface area contributed by atoms with E-state index >= 15 is 0 Å². The van der Waals surface area contributed by atoms with Crippen molar-refractivity contribution in [3.63, 3.8) is 0 Å². The number of nitrogens with zero attached hydrogens (tertiary/aromatic N) is 5. The van der Waals surface area contributed by atoms with Crippen molar-refractivity contribution in [2.75, 3.05) is 52.2 Å². The Bertz CT molecular complexity index is 2080. The summed E-state index contributed by atoms with van der Waals surface area (Å²) in [4.78, 5) is 29.5. The van der Waals surface area contributed by atoms with Crippen molar-refractivity contribution in [2.45, 2.75) is 19.8 Å². The summed E-state index contributed by atoms with van der Waals surface area (Å²) in [5.74, 6) is 0.0517. The molecular weight excluding hydrogens is 595 g/mol. The highest BCUT2D eigenvalue weighted by molar-refractivity contribution is 6.00. The quantitative estimate of drug-likeness (QED) is 0.163. The molecule has 0 radical (unpaired) electrons. The molecule has 0 saturated carbocycles. The monoisotopic (exact) mass is 632 g/mol. The molecule has 1 aliphatic rings. The topological polar surface area (TPSA) is 115 Å². The summed E-state index contributed by atoms with van der Waals surface area (Å²) < 4.78 is 20.8. The fourth-order valence-corrected chi connectivity index (χ4v) is 6.25. The summed E-state index contributed by atoms with van der Waals surface area (Å²) in [6.45, 7) is 5.80. The maximum atomic E-state index is 14.8. The van der Waals surface area contributed by atoms with E-state index in [1.165, 1.54) is 25.0 Å². The van der Waals surface area contributed by atoms with Gasteiger partial charge in [-0.1, -0.05) is 0 Å². The molecule has 1 amide bonds. The molecule has 0 atom stereocenters. The van der Waals surface area contributed by atoms with E-state index in [0.717, 1.165) is 64.1 Å². The molecule has 1 aliphatic heterocycles. The molecule has 47 heavy (non-hydrogen) atoms. The third-order valence-electron chi connectivity index (χ3n) is 8.38. The standard InChI is InChI=1S/C36H37FN8O2/c1-22-12-24(15-26(13-22)39-34(46)21-44(2)3)30-6-7-31-35(41-30)36(43-42-31)32-18-28-29(19-38-20-33(28)40-32)23-14-25(37)17-27(16-23)47-11-10-45-8-4-5-9-45/h6-7,12-20,40H,4-5,8-11,21H2,1-3H3,(H,39,46)(H,42,43). The Hall–Kier alpha value is -5.13. The number of aromatic amines is 2. The number of fused-ring (bicyclic) bond motifs is 2. The second-order valence-corrected chi connectivity index (χ2v) is 12.4. The predicted octanol–water partition coefficient (Wildman–Crippen LogP) is 6.26. The van der Waals surface area contributed by atoms with Crippen LogP contribution < -0.4 is 10.1 Å². The molecule has 4 aromatic heterocycles. The summed E-state index contributed by atoms with van der Waals surface area (Å²) in [5.41, 5.74) is 8.51. The molecule has 0 bridgehead atoms. The normalized spacial score (nSPS) is 13.6. The van der Waals surface area contributed by atoms with Gasteiger partial charge in [0, 0.05) is 41.0 Å². The number of hydrogen-bond donors (Lipinski definition) is 3. The molecule has 3 N–H and O–H groups in total. The number of hydrogen-bond acceptors (Lipinski definition) is 7. The van der Waals surface area contributed by atoms with E-state index in [1.54, 1.807) is 12.4 Å².